The number of nitrogens with one attached hydrogen (secondary N) is 1. The zero-order valence-electron chi connectivity index (χ0n) is 11.2. The molecule has 1 amide bonds. The van der Waals surface area contributed by atoms with E-state index in [2.05, 4.69) is 19.2 Å². The molecule has 0 spiro atoms. The van der Waals surface area contributed by atoms with Crippen molar-refractivity contribution in [1.29, 1.82) is 0 Å². The zero-order valence-corrected chi connectivity index (χ0v) is 11.2. The highest BCUT2D eigenvalue weighted by Crippen LogP contribution is 2.32. The molecule has 0 saturated heterocycles. The molecule has 3 atom stereocenters. The first-order valence-electron chi connectivity index (χ1n) is 7.13. The second kappa shape index (κ2) is 4.97. The predicted molar refractivity (Wildman–Crippen MR) is 69.5 cm³/mol. The topological polar surface area (TPSA) is 55.1 Å². The van der Waals surface area contributed by atoms with Crippen LogP contribution >= 0.6 is 0 Å². The summed E-state index contributed by atoms with van der Waals surface area (Å²) in [7, 11) is 0. The van der Waals surface area contributed by atoms with Gasteiger partial charge in [0.25, 0.3) is 0 Å². The summed E-state index contributed by atoms with van der Waals surface area (Å²) in [5, 5.41) is 3.21. The van der Waals surface area contributed by atoms with Gasteiger partial charge in [0.15, 0.2) is 0 Å². The van der Waals surface area contributed by atoms with Gasteiger partial charge in [0.2, 0.25) is 5.91 Å². The number of hydrogen-bond acceptors (Lipinski definition) is 2. The molecule has 3 unspecified atom stereocenters. The summed E-state index contributed by atoms with van der Waals surface area (Å²) < 4.78 is 0. The Hall–Kier alpha value is -0.570. The number of amides is 1. The summed E-state index contributed by atoms with van der Waals surface area (Å²) in [6.07, 6.45) is 7.48. The lowest BCUT2D eigenvalue weighted by atomic mass is 9.81. The summed E-state index contributed by atoms with van der Waals surface area (Å²) in [5.41, 5.74) is 5.67. The van der Waals surface area contributed by atoms with E-state index in [1.807, 2.05) is 0 Å². The van der Waals surface area contributed by atoms with Crippen molar-refractivity contribution < 1.29 is 4.79 Å². The molecule has 2 aliphatic rings. The number of rotatable bonds is 2. The third-order valence-electron chi connectivity index (χ3n) is 4.98. The van der Waals surface area contributed by atoms with Gasteiger partial charge in [-0.1, -0.05) is 33.1 Å². The Morgan fingerprint density at radius 2 is 1.82 bits per heavy atom. The minimum absolute atomic E-state index is 0.100. The molecular weight excluding hydrogens is 212 g/mol. The summed E-state index contributed by atoms with van der Waals surface area (Å²) in [5.74, 6) is 1.41. The van der Waals surface area contributed by atoms with E-state index < -0.39 is 5.54 Å². The van der Waals surface area contributed by atoms with Gasteiger partial charge in [0.1, 0.15) is 0 Å². The van der Waals surface area contributed by atoms with Gasteiger partial charge < -0.3 is 11.1 Å². The molecule has 2 rings (SSSR count). The van der Waals surface area contributed by atoms with Crippen LogP contribution in [0.2, 0.25) is 0 Å². The van der Waals surface area contributed by atoms with E-state index in [0.717, 1.165) is 38.0 Å². The van der Waals surface area contributed by atoms with Crippen LogP contribution in [-0.4, -0.2) is 17.5 Å². The van der Waals surface area contributed by atoms with Crippen LogP contribution in [0.25, 0.3) is 0 Å². The van der Waals surface area contributed by atoms with Crippen molar-refractivity contribution >= 4 is 5.91 Å². The van der Waals surface area contributed by atoms with Gasteiger partial charge in [0, 0.05) is 6.04 Å². The molecule has 0 heterocycles. The Labute approximate surface area is 105 Å². The second-order valence-electron chi connectivity index (χ2n) is 6.21. The van der Waals surface area contributed by atoms with Crippen LogP contribution in [0.1, 0.15) is 58.8 Å². The van der Waals surface area contributed by atoms with Crippen LogP contribution in [0.5, 0.6) is 0 Å². The van der Waals surface area contributed by atoms with Crippen molar-refractivity contribution in [2.45, 2.75) is 70.4 Å². The van der Waals surface area contributed by atoms with Crippen molar-refractivity contribution in [2.75, 3.05) is 0 Å². The van der Waals surface area contributed by atoms with Crippen LogP contribution < -0.4 is 11.1 Å². The molecule has 0 aromatic rings. The number of hydrogen-bond donors (Lipinski definition) is 2. The molecule has 0 bridgehead atoms. The Kier molecular flexibility index (Phi) is 3.76. The molecule has 0 radical (unpaired) electrons. The molecule has 0 aliphatic heterocycles. The van der Waals surface area contributed by atoms with Gasteiger partial charge in [-0.15, -0.1) is 0 Å². The van der Waals surface area contributed by atoms with Crippen molar-refractivity contribution in [2.24, 2.45) is 17.6 Å². The zero-order chi connectivity index (χ0) is 12.5. The third kappa shape index (κ3) is 2.65. The van der Waals surface area contributed by atoms with Crippen LogP contribution in [-0.2, 0) is 4.79 Å². The Morgan fingerprint density at radius 1 is 1.18 bits per heavy atom. The number of carbonyl (C=O) groups is 1. The summed E-state index contributed by atoms with van der Waals surface area (Å²) in [4.78, 5) is 12.3. The van der Waals surface area contributed by atoms with Crippen LogP contribution in [0.4, 0.5) is 0 Å². The van der Waals surface area contributed by atoms with E-state index in [9.17, 15) is 4.79 Å². The van der Waals surface area contributed by atoms with E-state index in [0.29, 0.717) is 12.0 Å². The molecule has 3 N–H and O–H groups in total. The van der Waals surface area contributed by atoms with E-state index >= 15 is 0 Å². The summed E-state index contributed by atoms with van der Waals surface area (Å²) in [6, 6.07) is 0.347. The number of nitrogens with two attached hydrogens (primary N) is 1. The SMILES string of the molecule is CC1CCC(NC(=O)C2(N)CCCCC2)C1C. The van der Waals surface area contributed by atoms with Crippen molar-refractivity contribution in [3.63, 3.8) is 0 Å². The molecule has 98 valence electrons. The first-order valence-corrected chi connectivity index (χ1v) is 7.13. The van der Waals surface area contributed by atoms with Crippen LogP contribution in [0, 0.1) is 11.8 Å². The lowest BCUT2D eigenvalue weighted by molar-refractivity contribution is -0.128. The highest BCUT2D eigenvalue weighted by Gasteiger charge is 2.38. The fourth-order valence-corrected chi connectivity index (χ4v) is 3.29. The summed E-state index contributed by atoms with van der Waals surface area (Å²) >= 11 is 0. The van der Waals surface area contributed by atoms with E-state index in [-0.39, 0.29) is 5.91 Å². The van der Waals surface area contributed by atoms with Gasteiger partial charge in [-0.05, 0) is 37.5 Å². The van der Waals surface area contributed by atoms with Crippen LogP contribution in [0.3, 0.4) is 0 Å². The molecule has 3 nitrogen and oxygen atoms in total. The van der Waals surface area contributed by atoms with E-state index in [1.165, 1.54) is 12.8 Å². The minimum atomic E-state index is -0.580. The van der Waals surface area contributed by atoms with Gasteiger partial charge >= 0.3 is 0 Å². The first-order chi connectivity index (χ1) is 8.03. The maximum atomic E-state index is 12.3. The highest BCUT2D eigenvalue weighted by atomic mass is 16.2. The van der Waals surface area contributed by atoms with Crippen molar-refractivity contribution in [3.05, 3.63) is 0 Å². The maximum absolute atomic E-state index is 12.3. The van der Waals surface area contributed by atoms with Crippen LogP contribution in [0.15, 0.2) is 0 Å². The fraction of sp³-hybridized carbons (Fsp3) is 0.929. The van der Waals surface area contributed by atoms with E-state index in [4.69, 9.17) is 5.73 Å². The number of carbonyl (C=O) groups excluding carboxylic acids is 1. The lowest BCUT2D eigenvalue weighted by Gasteiger charge is -2.33. The average molecular weight is 238 g/mol. The Bertz CT molecular complexity index is 284. The smallest absolute Gasteiger partial charge is 0.240 e. The second-order valence-corrected chi connectivity index (χ2v) is 6.21. The average Bonchev–Trinajstić information content (AvgIpc) is 2.62. The molecule has 2 fully saturated rings. The molecular formula is C14H26N2O. The van der Waals surface area contributed by atoms with Gasteiger partial charge in [-0.2, -0.15) is 0 Å². The van der Waals surface area contributed by atoms with Gasteiger partial charge in [-0.25, -0.2) is 0 Å². The standard InChI is InChI=1S/C14H26N2O/c1-10-6-7-12(11(10)2)16-13(17)14(15)8-4-3-5-9-14/h10-12H,3-9,15H2,1-2H3,(H,16,17). The lowest BCUT2D eigenvalue weighted by Crippen LogP contribution is -2.57. The highest BCUT2D eigenvalue weighted by molar-refractivity contribution is 5.86. The van der Waals surface area contributed by atoms with E-state index in [1.54, 1.807) is 0 Å². The largest absolute Gasteiger partial charge is 0.351 e. The molecule has 2 aliphatic carbocycles. The summed E-state index contributed by atoms with van der Waals surface area (Å²) in [6.45, 7) is 4.52. The molecule has 2 saturated carbocycles. The molecule has 3 heteroatoms. The normalized spacial score (nSPS) is 36.8. The molecule has 0 aromatic heterocycles. The molecule has 17 heavy (non-hydrogen) atoms. The maximum Gasteiger partial charge on any atom is 0.240 e. The van der Waals surface area contributed by atoms with Gasteiger partial charge in [-0.3, -0.25) is 4.79 Å². The Morgan fingerprint density at radius 3 is 2.35 bits per heavy atom. The first kappa shape index (κ1) is 12.9. The Balaban J connectivity index is 1.92. The van der Waals surface area contributed by atoms with Gasteiger partial charge in [0.05, 0.1) is 5.54 Å². The van der Waals surface area contributed by atoms with Crippen molar-refractivity contribution in [3.8, 4) is 0 Å². The molecule has 0 aromatic carbocycles. The quantitative estimate of drug-likeness (QED) is 0.775. The minimum Gasteiger partial charge on any atom is -0.351 e. The predicted octanol–water partition coefficient (Wildman–Crippen LogP) is 2.20. The third-order valence-corrected chi connectivity index (χ3v) is 4.98. The fourth-order valence-electron chi connectivity index (χ4n) is 3.29. The monoisotopic (exact) mass is 238 g/mol. The van der Waals surface area contributed by atoms with Crippen molar-refractivity contribution in [1.82, 2.24) is 5.32 Å².